The van der Waals surface area contributed by atoms with E-state index in [1.165, 1.54) is 31.5 Å². The maximum Gasteiger partial charge on any atom is 0.417 e. The van der Waals surface area contributed by atoms with Crippen molar-refractivity contribution in [3.8, 4) is 11.6 Å². The van der Waals surface area contributed by atoms with E-state index in [1.54, 1.807) is 10.3 Å². The fourth-order valence-electron chi connectivity index (χ4n) is 3.01. The molecule has 31 heavy (non-hydrogen) atoms. The second-order valence-electron chi connectivity index (χ2n) is 6.32. The van der Waals surface area contributed by atoms with Gasteiger partial charge in [-0.1, -0.05) is 0 Å². The van der Waals surface area contributed by atoms with Crippen LogP contribution in [0.25, 0.3) is 0 Å². The molecule has 0 radical (unpaired) electrons. The van der Waals surface area contributed by atoms with Gasteiger partial charge < -0.3 is 14.4 Å². The molecule has 1 aromatic carbocycles. The average molecular weight is 472 g/mol. The number of halogens is 3. The van der Waals surface area contributed by atoms with Crippen LogP contribution in [0.1, 0.15) is 5.56 Å². The number of pyridine rings is 1. The molecule has 2 aromatic heterocycles. The minimum absolute atomic E-state index is 0.00276. The Morgan fingerprint density at radius 2 is 2.03 bits per heavy atom. The highest BCUT2D eigenvalue weighted by Crippen LogP contribution is 2.43. The zero-order valence-electron chi connectivity index (χ0n) is 15.9. The molecule has 164 valence electrons. The molecule has 0 amide bonds. The lowest BCUT2D eigenvalue weighted by Crippen LogP contribution is -2.29. The van der Waals surface area contributed by atoms with Crippen LogP contribution in [0, 0.1) is 0 Å². The van der Waals surface area contributed by atoms with E-state index >= 15 is 0 Å². The van der Waals surface area contributed by atoms with Gasteiger partial charge in [0.05, 0.1) is 29.8 Å². The number of alkyl halides is 3. The first-order valence-corrected chi connectivity index (χ1v) is 11.1. The summed E-state index contributed by atoms with van der Waals surface area (Å²) in [6.45, 7) is 0.339. The lowest BCUT2D eigenvalue weighted by molar-refractivity contribution is -0.137. The molecule has 13 heteroatoms. The van der Waals surface area contributed by atoms with Crippen molar-refractivity contribution < 1.29 is 31.1 Å². The van der Waals surface area contributed by atoms with Gasteiger partial charge in [0.2, 0.25) is 5.88 Å². The zero-order chi connectivity index (χ0) is 22.2. The normalized spacial score (nSPS) is 14.0. The van der Waals surface area contributed by atoms with Gasteiger partial charge in [0, 0.05) is 23.8 Å². The van der Waals surface area contributed by atoms with E-state index in [0.717, 1.165) is 17.4 Å². The van der Waals surface area contributed by atoms with Gasteiger partial charge in [-0.05, 0) is 18.2 Å². The molecule has 3 heterocycles. The number of rotatable bonds is 5. The molecule has 0 bridgehead atoms. The Hall–Kier alpha value is -3.06. The highest BCUT2D eigenvalue weighted by atomic mass is 32.2. The molecular formula is C18H15F3N4O4S2. The van der Waals surface area contributed by atoms with Crippen LogP contribution in [0.15, 0.2) is 46.9 Å². The van der Waals surface area contributed by atoms with Crippen molar-refractivity contribution in [1.82, 2.24) is 9.97 Å². The number of nitrogens with zero attached hydrogens (tertiary/aromatic N) is 3. The van der Waals surface area contributed by atoms with E-state index in [2.05, 4.69) is 14.7 Å². The Morgan fingerprint density at radius 3 is 2.71 bits per heavy atom. The first kappa shape index (κ1) is 21.2. The number of thiazole rings is 1. The van der Waals surface area contributed by atoms with E-state index in [0.29, 0.717) is 11.9 Å². The number of aromatic nitrogens is 2. The van der Waals surface area contributed by atoms with Gasteiger partial charge in [-0.2, -0.15) is 13.2 Å². The predicted octanol–water partition coefficient (Wildman–Crippen LogP) is 3.90. The minimum atomic E-state index is -4.58. The molecule has 0 atom stereocenters. The van der Waals surface area contributed by atoms with Gasteiger partial charge in [0.15, 0.2) is 5.13 Å². The van der Waals surface area contributed by atoms with Crippen LogP contribution in [0.4, 0.5) is 29.7 Å². The third-order valence-electron chi connectivity index (χ3n) is 4.40. The number of ether oxygens (including phenoxy) is 2. The number of fused-ring (bicyclic) bond motifs is 1. The largest absolute Gasteiger partial charge is 0.489 e. The third kappa shape index (κ3) is 4.23. The molecule has 0 saturated carbocycles. The summed E-state index contributed by atoms with van der Waals surface area (Å²) in [5.74, 6) is 0.204. The van der Waals surface area contributed by atoms with Crippen LogP contribution < -0.4 is 19.1 Å². The Bertz CT molecular complexity index is 1200. The minimum Gasteiger partial charge on any atom is -0.489 e. The Balaban J connectivity index is 1.73. The summed E-state index contributed by atoms with van der Waals surface area (Å²) in [7, 11) is -2.62. The highest BCUT2D eigenvalue weighted by Gasteiger charge is 2.34. The first-order chi connectivity index (χ1) is 14.7. The van der Waals surface area contributed by atoms with E-state index in [1.807, 2.05) is 0 Å². The van der Waals surface area contributed by atoms with Gasteiger partial charge in [0.1, 0.15) is 18.0 Å². The average Bonchev–Trinajstić information content (AvgIpc) is 3.24. The summed E-state index contributed by atoms with van der Waals surface area (Å²) in [5.41, 5.74) is -0.444. The fraction of sp³-hybridized carbons (Fsp3) is 0.222. The Kier molecular flexibility index (Phi) is 5.39. The molecule has 0 unspecified atom stereocenters. The predicted molar refractivity (Wildman–Crippen MR) is 108 cm³/mol. The second-order valence-corrected chi connectivity index (χ2v) is 8.90. The lowest BCUT2D eigenvalue weighted by Gasteiger charge is -2.32. The van der Waals surface area contributed by atoms with Gasteiger partial charge in [0.25, 0.3) is 10.0 Å². The van der Waals surface area contributed by atoms with Gasteiger partial charge in [-0.15, -0.1) is 11.3 Å². The molecular weight excluding hydrogens is 457 g/mol. The Labute approximate surface area is 179 Å². The van der Waals surface area contributed by atoms with Crippen molar-refractivity contribution in [3.05, 3.63) is 47.6 Å². The quantitative estimate of drug-likeness (QED) is 0.602. The SMILES string of the molecule is COc1ncc(C(F)(F)F)cc1N1CCOc2cc(S(=O)(=O)Nc3nccs3)ccc21. The summed E-state index contributed by atoms with van der Waals surface area (Å²) < 4.78 is 78.0. The summed E-state index contributed by atoms with van der Waals surface area (Å²) in [6.07, 6.45) is -2.42. The van der Waals surface area contributed by atoms with E-state index < -0.39 is 21.8 Å². The topological polar surface area (TPSA) is 93.7 Å². The maximum absolute atomic E-state index is 13.2. The number of benzene rings is 1. The number of sulfonamides is 1. The number of hydrogen-bond donors (Lipinski definition) is 1. The van der Waals surface area contributed by atoms with Crippen LogP contribution in [0.3, 0.4) is 0 Å². The number of nitrogens with one attached hydrogen (secondary N) is 1. The molecule has 8 nitrogen and oxygen atoms in total. The fourth-order valence-corrected chi connectivity index (χ4v) is 4.82. The van der Waals surface area contributed by atoms with Crippen molar-refractivity contribution in [2.75, 3.05) is 29.9 Å². The van der Waals surface area contributed by atoms with E-state index in [9.17, 15) is 21.6 Å². The number of hydrogen-bond acceptors (Lipinski definition) is 8. The summed E-state index contributed by atoms with van der Waals surface area (Å²) in [4.78, 5) is 9.14. The standard InChI is InChI=1S/C18H15F3N4O4S2/c1-28-16-14(8-11(10-23-16)18(19,20)21)25-5-6-29-15-9-12(2-3-13(15)25)31(26,27)24-17-22-4-7-30-17/h2-4,7-10H,5-6H2,1H3,(H,22,24). The molecule has 0 spiro atoms. The van der Waals surface area contributed by atoms with Crippen LogP contribution in [-0.2, 0) is 16.2 Å². The zero-order valence-corrected chi connectivity index (χ0v) is 17.5. The summed E-state index contributed by atoms with van der Waals surface area (Å²) in [5, 5.41) is 1.84. The molecule has 1 N–H and O–H groups in total. The molecule has 0 aliphatic carbocycles. The van der Waals surface area contributed by atoms with E-state index in [-0.39, 0.29) is 40.5 Å². The van der Waals surface area contributed by atoms with Crippen molar-refractivity contribution in [3.63, 3.8) is 0 Å². The number of methoxy groups -OCH3 is 1. The monoisotopic (exact) mass is 472 g/mol. The van der Waals surface area contributed by atoms with Crippen molar-refractivity contribution in [2.45, 2.75) is 11.1 Å². The van der Waals surface area contributed by atoms with Crippen LogP contribution in [-0.4, -0.2) is 38.6 Å². The van der Waals surface area contributed by atoms with Gasteiger partial charge in [-0.25, -0.2) is 18.4 Å². The summed E-state index contributed by atoms with van der Waals surface area (Å²) >= 11 is 1.12. The van der Waals surface area contributed by atoms with Crippen molar-refractivity contribution in [2.24, 2.45) is 0 Å². The first-order valence-electron chi connectivity index (χ1n) is 8.77. The Morgan fingerprint density at radius 1 is 1.23 bits per heavy atom. The second kappa shape index (κ2) is 7.89. The molecule has 1 aliphatic heterocycles. The maximum atomic E-state index is 13.2. The highest BCUT2D eigenvalue weighted by molar-refractivity contribution is 7.93. The molecule has 1 aliphatic rings. The molecule has 0 saturated heterocycles. The molecule has 3 aromatic rings. The van der Waals surface area contributed by atoms with Crippen molar-refractivity contribution >= 4 is 37.9 Å². The summed E-state index contributed by atoms with van der Waals surface area (Å²) in [6, 6.07) is 5.05. The van der Waals surface area contributed by atoms with Crippen LogP contribution in [0.5, 0.6) is 11.6 Å². The van der Waals surface area contributed by atoms with Crippen LogP contribution in [0.2, 0.25) is 0 Å². The third-order valence-corrected chi connectivity index (χ3v) is 6.56. The van der Waals surface area contributed by atoms with E-state index in [4.69, 9.17) is 9.47 Å². The molecule has 4 rings (SSSR count). The lowest BCUT2D eigenvalue weighted by atomic mass is 10.2. The van der Waals surface area contributed by atoms with Gasteiger partial charge in [-0.3, -0.25) is 4.72 Å². The van der Waals surface area contributed by atoms with Crippen LogP contribution >= 0.6 is 11.3 Å². The van der Waals surface area contributed by atoms with Crippen molar-refractivity contribution in [1.29, 1.82) is 0 Å². The number of anilines is 3. The molecule has 0 fully saturated rings. The van der Waals surface area contributed by atoms with Gasteiger partial charge >= 0.3 is 6.18 Å². The smallest absolute Gasteiger partial charge is 0.417 e.